The fourth-order valence-corrected chi connectivity index (χ4v) is 6.26. The van der Waals surface area contributed by atoms with Crippen LogP contribution >= 0.6 is 0 Å². The van der Waals surface area contributed by atoms with E-state index in [0.717, 1.165) is 16.7 Å². The summed E-state index contributed by atoms with van der Waals surface area (Å²) in [4.78, 5) is 42.2. The molecule has 208 valence electrons. The minimum absolute atomic E-state index is 0.0188. The quantitative estimate of drug-likeness (QED) is 0.434. The van der Waals surface area contributed by atoms with Crippen molar-refractivity contribution in [3.63, 3.8) is 0 Å². The minimum atomic E-state index is -0.944. The van der Waals surface area contributed by atoms with Crippen LogP contribution in [0.3, 0.4) is 0 Å². The largest absolute Gasteiger partial charge is 0.496 e. The number of likely N-dealkylation sites (tertiary alicyclic amines) is 1. The number of carbonyl (C=O) groups is 3. The molecule has 7 nitrogen and oxygen atoms in total. The summed E-state index contributed by atoms with van der Waals surface area (Å²) >= 11 is 0. The van der Waals surface area contributed by atoms with Gasteiger partial charge in [-0.1, -0.05) is 66.7 Å². The average molecular weight is 541 g/mol. The van der Waals surface area contributed by atoms with Gasteiger partial charge in [0.1, 0.15) is 11.2 Å². The van der Waals surface area contributed by atoms with Gasteiger partial charge in [0.2, 0.25) is 5.91 Å². The first-order chi connectivity index (χ1) is 19.5. The number of benzene rings is 3. The van der Waals surface area contributed by atoms with Crippen LogP contribution in [0.2, 0.25) is 0 Å². The van der Waals surface area contributed by atoms with E-state index in [0.29, 0.717) is 56.7 Å². The van der Waals surface area contributed by atoms with Crippen LogP contribution in [0.15, 0.2) is 78.9 Å². The first-order valence-electron chi connectivity index (χ1n) is 14.0. The fourth-order valence-electron chi connectivity index (χ4n) is 6.26. The van der Waals surface area contributed by atoms with Crippen LogP contribution in [0.5, 0.6) is 5.75 Å². The molecule has 0 bridgehead atoms. The number of nitrogens with one attached hydrogen (secondary N) is 1. The molecule has 1 N–H and O–H groups in total. The molecule has 0 aromatic heterocycles. The van der Waals surface area contributed by atoms with Crippen LogP contribution in [0.4, 0.5) is 0 Å². The van der Waals surface area contributed by atoms with Crippen molar-refractivity contribution >= 4 is 17.8 Å². The number of esters is 1. The molecule has 1 saturated heterocycles. The van der Waals surface area contributed by atoms with Crippen molar-refractivity contribution in [3.8, 4) is 5.75 Å². The Hall–Kier alpha value is -4.13. The first kappa shape index (κ1) is 27.4. The van der Waals surface area contributed by atoms with Crippen LogP contribution in [-0.2, 0) is 19.7 Å². The molecule has 7 heteroatoms. The number of ether oxygens (including phenoxy) is 2. The van der Waals surface area contributed by atoms with Gasteiger partial charge in [-0.3, -0.25) is 14.4 Å². The lowest BCUT2D eigenvalue weighted by molar-refractivity contribution is -0.149. The zero-order chi connectivity index (χ0) is 28.1. The maximum absolute atomic E-state index is 13.9. The summed E-state index contributed by atoms with van der Waals surface area (Å²) in [6.45, 7) is 3.24. The lowest BCUT2D eigenvalue weighted by Gasteiger charge is -2.42. The number of carbonyl (C=O) groups excluding carboxylic acids is 3. The summed E-state index contributed by atoms with van der Waals surface area (Å²) in [5.74, 6) is -0.154. The van der Waals surface area contributed by atoms with Gasteiger partial charge >= 0.3 is 5.97 Å². The average Bonchev–Trinajstić information content (AvgIpc) is 3.01. The summed E-state index contributed by atoms with van der Waals surface area (Å²) in [6, 6.07) is 24.7. The highest BCUT2D eigenvalue weighted by Gasteiger charge is 2.50. The Labute approximate surface area is 235 Å². The van der Waals surface area contributed by atoms with E-state index in [-0.39, 0.29) is 29.7 Å². The molecule has 2 atom stereocenters. The minimum Gasteiger partial charge on any atom is -0.496 e. The highest BCUT2D eigenvalue weighted by atomic mass is 16.5. The Morgan fingerprint density at radius 2 is 1.57 bits per heavy atom. The molecule has 2 aliphatic rings. The molecular formula is C33H36N2O5. The molecule has 1 fully saturated rings. The van der Waals surface area contributed by atoms with E-state index in [1.165, 1.54) is 0 Å². The van der Waals surface area contributed by atoms with Gasteiger partial charge in [-0.05, 0) is 61.4 Å². The molecule has 2 amide bonds. The molecule has 0 radical (unpaired) electrons. The number of methoxy groups -OCH3 is 1. The normalized spacial score (nSPS) is 20.8. The van der Waals surface area contributed by atoms with Crippen molar-refractivity contribution in [2.24, 2.45) is 0 Å². The van der Waals surface area contributed by atoms with E-state index in [1.54, 1.807) is 19.2 Å². The molecule has 1 heterocycles. The summed E-state index contributed by atoms with van der Waals surface area (Å²) in [6.07, 6.45) is 2.40. The van der Waals surface area contributed by atoms with Gasteiger partial charge in [0.15, 0.2) is 0 Å². The van der Waals surface area contributed by atoms with Crippen LogP contribution in [-0.4, -0.2) is 55.5 Å². The van der Waals surface area contributed by atoms with Gasteiger partial charge in [0.25, 0.3) is 5.91 Å². The van der Waals surface area contributed by atoms with E-state index < -0.39 is 5.41 Å². The number of para-hydroxylation sites is 1. The zero-order valence-corrected chi connectivity index (χ0v) is 23.1. The smallest absolute Gasteiger partial charge is 0.321 e. The Bertz CT molecular complexity index is 1370. The van der Waals surface area contributed by atoms with E-state index in [1.807, 2.05) is 78.6 Å². The molecule has 1 aliphatic carbocycles. The molecule has 0 unspecified atom stereocenters. The molecule has 40 heavy (non-hydrogen) atoms. The summed E-state index contributed by atoms with van der Waals surface area (Å²) in [7, 11) is 1.55. The number of hydrogen-bond donors (Lipinski definition) is 1. The third-order valence-electron chi connectivity index (χ3n) is 8.29. The topological polar surface area (TPSA) is 84.9 Å². The van der Waals surface area contributed by atoms with E-state index in [2.05, 4.69) is 5.32 Å². The summed E-state index contributed by atoms with van der Waals surface area (Å²) in [5.41, 5.74) is 2.19. The number of amides is 2. The Morgan fingerprint density at radius 3 is 2.30 bits per heavy atom. The van der Waals surface area contributed by atoms with Crippen LogP contribution in [0, 0.1) is 0 Å². The SMILES string of the molecule is CCOC(=O)[C@@]1(c2ccccc2)CC[C@H](C(=O)N2CCC(NC(=O)c3ccccc3OC)CC2)c2ccccc21. The number of nitrogens with zero attached hydrogens (tertiary/aromatic N) is 1. The predicted octanol–water partition coefficient (Wildman–Crippen LogP) is 4.84. The maximum Gasteiger partial charge on any atom is 0.321 e. The van der Waals surface area contributed by atoms with E-state index >= 15 is 0 Å². The molecule has 0 saturated carbocycles. The summed E-state index contributed by atoms with van der Waals surface area (Å²) < 4.78 is 10.9. The van der Waals surface area contributed by atoms with Gasteiger partial charge in [0.05, 0.1) is 25.2 Å². The third kappa shape index (κ3) is 5.08. The Balaban J connectivity index is 1.32. The van der Waals surface area contributed by atoms with Crippen molar-refractivity contribution in [1.29, 1.82) is 0 Å². The second-order valence-electron chi connectivity index (χ2n) is 10.4. The second kappa shape index (κ2) is 11.9. The molecular weight excluding hydrogens is 504 g/mol. The first-order valence-corrected chi connectivity index (χ1v) is 14.0. The zero-order valence-electron chi connectivity index (χ0n) is 23.1. The van der Waals surface area contributed by atoms with Gasteiger partial charge in [-0.25, -0.2) is 0 Å². The highest BCUT2D eigenvalue weighted by molar-refractivity contribution is 5.97. The highest BCUT2D eigenvalue weighted by Crippen LogP contribution is 2.48. The summed E-state index contributed by atoms with van der Waals surface area (Å²) in [5, 5.41) is 3.11. The number of piperidine rings is 1. The van der Waals surface area contributed by atoms with Gasteiger partial charge in [-0.15, -0.1) is 0 Å². The van der Waals surface area contributed by atoms with Gasteiger partial charge in [0, 0.05) is 19.1 Å². The Morgan fingerprint density at radius 1 is 0.900 bits per heavy atom. The van der Waals surface area contributed by atoms with E-state index in [9.17, 15) is 14.4 Å². The lowest BCUT2D eigenvalue weighted by Crippen LogP contribution is -2.49. The molecule has 3 aromatic rings. The Kier molecular flexibility index (Phi) is 8.19. The van der Waals surface area contributed by atoms with Crippen LogP contribution < -0.4 is 10.1 Å². The molecule has 1 aliphatic heterocycles. The van der Waals surface area contributed by atoms with Crippen LogP contribution in [0.25, 0.3) is 0 Å². The molecule has 5 rings (SSSR count). The van der Waals surface area contributed by atoms with Gasteiger partial charge < -0.3 is 19.7 Å². The molecule has 3 aromatic carbocycles. The second-order valence-corrected chi connectivity index (χ2v) is 10.4. The van der Waals surface area contributed by atoms with Crippen LogP contribution in [0.1, 0.15) is 65.6 Å². The molecule has 0 spiro atoms. The predicted molar refractivity (Wildman–Crippen MR) is 152 cm³/mol. The fraction of sp³-hybridized carbons (Fsp3) is 0.364. The van der Waals surface area contributed by atoms with Crippen molar-refractivity contribution in [3.05, 3.63) is 101 Å². The van der Waals surface area contributed by atoms with Crippen molar-refractivity contribution < 1.29 is 23.9 Å². The monoisotopic (exact) mass is 540 g/mol. The number of rotatable bonds is 7. The van der Waals surface area contributed by atoms with Gasteiger partial charge in [-0.2, -0.15) is 0 Å². The number of hydrogen-bond acceptors (Lipinski definition) is 5. The van der Waals surface area contributed by atoms with Crippen molar-refractivity contribution in [2.75, 3.05) is 26.8 Å². The van der Waals surface area contributed by atoms with Crippen molar-refractivity contribution in [1.82, 2.24) is 10.2 Å². The van der Waals surface area contributed by atoms with E-state index in [4.69, 9.17) is 9.47 Å². The third-order valence-corrected chi connectivity index (χ3v) is 8.29. The lowest BCUT2D eigenvalue weighted by atomic mass is 9.63. The van der Waals surface area contributed by atoms with Crippen molar-refractivity contribution in [2.45, 2.75) is 50.0 Å². The maximum atomic E-state index is 13.9. The number of fused-ring (bicyclic) bond motifs is 1. The standard InChI is InChI=1S/C33H36N2O5/c1-3-40-32(38)33(23-11-5-4-6-12-23)20-17-26(25-13-7-9-15-28(25)33)31(37)35-21-18-24(19-22-35)34-30(36)27-14-8-10-16-29(27)39-2/h4-16,24,26H,3,17-22H2,1-2H3,(H,34,36)/t26-,33+/m0/s1.